The summed E-state index contributed by atoms with van der Waals surface area (Å²) in [6.45, 7) is 9.36. The Hall–Kier alpha value is -3.79. The number of aromatic nitrogens is 4. The van der Waals surface area contributed by atoms with Gasteiger partial charge in [-0.3, -0.25) is 14.5 Å². The van der Waals surface area contributed by atoms with Crippen molar-refractivity contribution >= 4 is 33.1 Å². The van der Waals surface area contributed by atoms with E-state index >= 15 is 0 Å². The minimum atomic E-state index is -3.81. The fraction of sp³-hybridized carbons (Fsp3) is 0.250. The molecule has 0 bridgehead atoms. The van der Waals surface area contributed by atoms with Gasteiger partial charge in [0.25, 0.3) is 10.0 Å². The molecule has 10 heteroatoms. The zero-order chi connectivity index (χ0) is 24.7. The quantitative estimate of drug-likeness (QED) is 0.445. The molecular formula is C24H26N6O3S. The summed E-state index contributed by atoms with van der Waals surface area (Å²) in [5.74, 6) is 0.168. The Balaban J connectivity index is 1.64. The van der Waals surface area contributed by atoms with Gasteiger partial charge < -0.3 is 5.32 Å². The Morgan fingerprint density at radius 2 is 1.76 bits per heavy atom. The van der Waals surface area contributed by atoms with Gasteiger partial charge in [-0.15, -0.1) is 0 Å². The van der Waals surface area contributed by atoms with Crippen molar-refractivity contribution in [1.82, 2.24) is 19.6 Å². The molecule has 2 N–H and O–H groups in total. The predicted molar refractivity (Wildman–Crippen MR) is 131 cm³/mol. The van der Waals surface area contributed by atoms with E-state index in [1.165, 1.54) is 6.92 Å². The van der Waals surface area contributed by atoms with Gasteiger partial charge in [0.05, 0.1) is 28.2 Å². The average Bonchev–Trinajstić information content (AvgIpc) is 3.15. The van der Waals surface area contributed by atoms with Crippen molar-refractivity contribution in [2.45, 2.75) is 44.9 Å². The number of rotatable bonds is 5. The number of hydrogen-bond acceptors (Lipinski definition) is 6. The number of benzene rings is 1. The molecule has 4 aromatic rings. The van der Waals surface area contributed by atoms with Crippen molar-refractivity contribution in [3.63, 3.8) is 0 Å². The van der Waals surface area contributed by atoms with Gasteiger partial charge >= 0.3 is 0 Å². The number of imidazole rings is 1. The Labute approximate surface area is 198 Å². The first kappa shape index (κ1) is 23.4. The lowest BCUT2D eigenvalue weighted by Crippen LogP contribution is -2.15. The van der Waals surface area contributed by atoms with Crippen LogP contribution in [0.2, 0.25) is 0 Å². The number of amides is 1. The molecule has 0 unspecified atom stereocenters. The minimum Gasteiger partial charge on any atom is -0.310 e. The van der Waals surface area contributed by atoms with Crippen molar-refractivity contribution in [3.8, 4) is 11.3 Å². The first-order chi connectivity index (χ1) is 15.9. The maximum Gasteiger partial charge on any atom is 0.261 e. The standard InChI is InChI=1S/C24H26N6O3S/c1-15-21(29-34(32,33)19-8-6-18(7-9-19)24(3,4)5)12-17(13-25-15)20-10-11-23-27-22(26-16(2)31)14-30(23)28-20/h6-14,29H,1-5H3,(H,26,31). The fourth-order valence-electron chi connectivity index (χ4n) is 3.39. The molecule has 3 heterocycles. The van der Waals surface area contributed by atoms with Gasteiger partial charge in [-0.2, -0.15) is 5.10 Å². The highest BCUT2D eigenvalue weighted by Crippen LogP contribution is 2.27. The van der Waals surface area contributed by atoms with Crippen LogP contribution in [0.3, 0.4) is 0 Å². The smallest absolute Gasteiger partial charge is 0.261 e. The van der Waals surface area contributed by atoms with Gasteiger partial charge in [0.1, 0.15) is 0 Å². The van der Waals surface area contributed by atoms with Crippen LogP contribution in [0.5, 0.6) is 0 Å². The molecule has 0 atom stereocenters. The van der Waals surface area contributed by atoms with E-state index in [9.17, 15) is 13.2 Å². The third-order valence-electron chi connectivity index (χ3n) is 5.28. The van der Waals surface area contributed by atoms with E-state index < -0.39 is 10.0 Å². The normalized spacial score (nSPS) is 12.0. The average molecular weight is 479 g/mol. The van der Waals surface area contributed by atoms with Crippen molar-refractivity contribution in [1.29, 1.82) is 0 Å². The molecule has 9 nitrogen and oxygen atoms in total. The summed E-state index contributed by atoms with van der Waals surface area (Å²) in [7, 11) is -3.81. The van der Waals surface area contributed by atoms with E-state index in [1.54, 1.807) is 54.2 Å². The number of nitrogens with zero attached hydrogens (tertiary/aromatic N) is 4. The first-order valence-electron chi connectivity index (χ1n) is 10.7. The van der Waals surface area contributed by atoms with Crippen molar-refractivity contribution in [2.24, 2.45) is 0 Å². The third kappa shape index (κ3) is 4.91. The summed E-state index contributed by atoms with van der Waals surface area (Å²) in [6, 6.07) is 12.1. The van der Waals surface area contributed by atoms with Crippen LogP contribution in [0.1, 0.15) is 39.0 Å². The van der Waals surface area contributed by atoms with Crippen molar-refractivity contribution in [2.75, 3.05) is 10.0 Å². The maximum absolute atomic E-state index is 13.0. The summed E-state index contributed by atoms with van der Waals surface area (Å²) in [6.07, 6.45) is 3.23. The molecule has 34 heavy (non-hydrogen) atoms. The molecule has 1 aromatic carbocycles. The van der Waals surface area contributed by atoms with Crippen LogP contribution in [0.25, 0.3) is 16.9 Å². The van der Waals surface area contributed by atoms with Gasteiger partial charge in [-0.05, 0) is 48.2 Å². The molecule has 3 aromatic heterocycles. The summed E-state index contributed by atoms with van der Waals surface area (Å²) in [5.41, 5.74) is 3.64. The predicted octanol–water partition coefficient (Wildman–Crippen LogP) is 4.16. The van der Waals surface area contributed by atoms with E-state index in [1.807, 2.05) is 12.1 Å². The van der Waals surface area contributed by atoms with Gasteiger partial charge in [0.2, 0.25) is 5.91 Å². The molecule has 0 radical (unpaired) electrons. The van der Waals surface area contributed by atoms with Crippen molar-refractivity contribution < 1.29 is 13.2 Å². The van der Waals surface area contributed by atoms with Crippen LogP contribution < -0.4 is 10.0 Å². The molecule has 1 amide bonds. The molecule has 0 aliphatic carbocycles. The van der Waals surface area contributed by atoms with Crippen LogP contribution in [-0.4, -0.2) is 33.9 Å². The Bertz CT molecular complexity index is 1490. The highest BCUT2D eigenvalue weighted by atomic mass is 32.2. The number of carbonyl (C=O) groups is 1. The van der Waals surface area contributed by atoms with Crippen LogP contribution in [-0.2, 0) is 20.2 Å². The molecule has 0 saturated heterocycles. The summed E-state index contributed by atoms with van der Waals surface area (Å²) >= 11 is 0. The highest BCUT2D eigenvalue weighted by molar-refractivity contribution is 7.92. The van der Waals surface area contributed by atoms with Crippen LogP contribution >= 0.6 is 0 Å². The molecule has 0 saturated carbocycles. The maximum atomic E-state index is 13.0. The zero-order valence-electron chi connectivity index (χ0n) is 19.6. The number of carbonyl (C=O) groups excluding carboxylic acids is 1. The van der Waals surface area contributed by atoms with Crippen LogP contribution in [0, 0.1) is 6.92 Å². The van der Waals surface area contributed by atoms with Gasteiger partial charge in [0, 0.05) is 18.7 Å². The molecule has 176 valence electrons. The number of sulfonamides is 1. The van der Waals surface area contributed by atoms with E-state index in [4.69, 9.17) is 0 Å². The lowest BCUT2D eigenvalue weighted by atomic mass is 9.87. The number of hydrogen-bond donors (Lipinski definition) is 2. The van der Waals surface area contributed by atoms with E-state index in [2.05, 4.69) is 45.9 Å². The van der Waals surface area contributed by atoms with Gasteiger partial charge in [0.15, 0.2) is 11.5 Å². The third-order valence-corrected chi connectivity index (χ3v) is 6.66. The monoisotopic (exact) mass is 478 g/mol. The molecule has 0 aliphatic rings. The van der Waals surface area contributed by atoms with E-state index in [0.717, 1.165) is 5.56 Å². The number of nitrogens with one attached hydrogen (secondary N) is 2. The van der Waals surface area contributed by atoms with Crippen molar-refractivity contribution in [3.05, 3.63) is 66.1 Å². The summed E-state index contributed by atoms with van der Waals surface area (Å²) < 4.78 is 30.2. The topological polar surface area (TPSA) is 118 Å². The largest absolute Gasteiger partial charge is 0.310 e. The zero-order valence-corrected chi connectivity index (χ0v) is 20.4. The highest BCUT2D eigenvalue weighted by Gasteiger charge is 2.19. The molecule has 0 aliphatic heterocycles. The molecule has 0 fully saturated rings. The van der Waals surface area contributed by atoms with Crippen LogP contribution in [0.15, 0.2) is 59.8 Å². The SMILES string of the molecule is CC(=O)Nc1cn2nc(-c3cnc(C)c(NS(=O)(=O)c4ccc(C(C)(C)C)cc4)c3)ccc2n1. The summed E-state index contributed by atoms with van der Waals surface area (Å²) in [5, 5.41) is 7.14. The molecule has 4 rings (SSSR count). The van der Waals surface area contributed by atoms with Gasteiger partial charge in [-0.25, -0.2) is 17.9 Å². The number of anilines is 2. The van der Waals surface area contributed by atoms with Gasteiger partial charge in [-0.1, -0.05) is 32.9 Å². The van der Waals surface area contributed by atoms with E-state index in [-0.39, 0.29) is 16.2 Å². The number of aryl methyl sites for hydroxylation is 1. The fourth-order valence-corrected chi connectivity index (χ4v) is 4.50. The Kier molecular flexibility index (Phi) is 5.86. The lowest BCUT2D eigenvalue weighted by Gasteiger charge is -2.19. The second kappa shape index (κ2) is 8.53. The molecule has 0 spiro atoms. The second-order valence-electron chi connectivity index (χ2n) is 9.07. The number of pyridine rings is 1. The Morgan fingerprint density at radius 3 is 2.41 bits per heavy atom. The summed E-state index contributed by atoms with van der Waals surface area (Å²) in [4.78, 5) is 20.1. The second-order valence-corrected chi connectivity index (χ2v) is 10.7. The van der Waals surface area contributed by atoms with Crippen LogP contribution in [0.4, 0.5) is 11.5 Å². The minimum absolute atomic E-state index is 0.0726. The van der Waals surface area contributed by atoms with E-state index in [0.29, 0.717) is 34.1 Å². The first-order valence-corrected chi connectivity index (χ1v) is 12.2. The lowest BCUT2D eigenvalue weighted by molar-refractivity contribution is -0.114. The molecular weight excluding hydrogens is 452 g/mol. The number of fused-ring (bicyclic) bond motifs is 1. The Morgan fingerprint density at radius 1 is 1.06 bits per heavy atom.